The summed E-state index contributed by atoms with van der Waals surface area (Å²) >= 11 is 0. The molecule has 0 aliphatic rings. The average molecular weight is 364 g/mol. The molecule has 0 N–H and O–H groups in total. The third-order valence-electron chi connectivity index (χ3n) is 2.63. The summed E-state index contributed by atoms with van der Waals surface area (Å²) < 4.78 is 95.1. The molecule has 0 fully saturated rings. The molecule has 0 saturated carbocycles. The van der Waals surface area contributed by atoms with Crippen LogP contribution in [0.1, 0.15) is 6.42 Å². The van der Waals surface area contributed by atoms with Gasteiger partial charge in [-0.05, 0) is 0 Å². The zero-order valence-corrected chi connectivity index (χ0v) is 12.3. The molecule has 0 bridgehead atoms. The van der Waals surface area contributed by atoms with Crippen molar-refractivity contribution in [3.8, 4) is 0 Å². The van der Waals surface area contributed by atoms with Crippen molar-refractivity contribution in [3.05, 3.63) is 0 Å². The molecule has 0 aliphatic heterocycles. The molecule has 0 atom stereocenters. The summed E-state index contributed by atoms with van der Waals surface area (Å²) in [6.07, 6.45) is -9.13. The number of hydrogen-bond donors (Lipinski definition) is 0. The third kappa shape index (κ3) is 4.08. The zero-order chi connectivity index (χ0) is 18.9. The molecule has 6 nitrogen and oxygen atoms in total. The molecule has 0 saturated heterocycles. The summed E-state index contributed by atoms with van der Waals surface area (Å²) in [5.74, 6) is -24.3. The summed E-state index contributed by atoms with van der Waals surface area (Å²) in [6.45, 7) is 0. The van der Waals surface area contributed by atoms with Gasteiger partial charge in [-0.2, -0.15) is 30.7 Å². The molecule has 0 spiro atoms. The second-order valence-corrected chi connectivity index (χ2v) is 3.98. The first-order valence-corrected chi connectivity index (χ1v) is 5.32. The van der Waals surface area contributed by atoms with Crippen LogP contribution in [-0.2, 0) is 23.9 Å². The van der Waals surface area contributed by atoms with E-state index >= 15 is 0 Å². The first-order chi connectivity index (χ1) is 10.1. The van der Waals surface area contributed by atoms with Crippen LogP contribution in [0.15, 0.2) is 0 Å². The summed E-state index contributed by atoms with van der Waals surface area (Å²) in [6, 6.07) is 0. The number of methoxy groups -OCH3 is 2. The molecule has 0 aromatic carbocycles. The number of aliphatic carboxylic acids is 1. The van der Waals surface area contributed by atoms with Gasteiger partial charge in [-0.3, -0.25) is 9.59 Å². The first kappa shape index (κ1) is 25.1. The smallest absolute Gasteiger partial charge is 0.544 e. The number of halogens is 7. The fourth-order valence-electron chi connectivity index (χ4n) is 1.32. The molecule has 14 heteroatoms. The molecule has 0 aliphatic carbocycles. The standard InChI is InChI=1S/C10H9F7O6.Li/c1-22-7(23-2,6(20)21)4(18)3-5(19)8(11,12)9(13,14)10(15,16)17;/h3H2,1-2H3,(H,20,21);/q;+1/p-1. The van der Waals surface area contributed by atoms with Gasteiger partial charge in [0.15, 0.2) is 0 Å². The zero-order valence-electron chi connectivity index (χ0n) is 12.3. The Bertz CT molecular complexity index is 500. The van der Waals surface area contributed by atoms with Crippen LogP contribution in [0.2, 0.25) is 0 Å². The minimum Gasteiger partial charge on any atom is -0.544 e. The molecule has 0 aromatic rings. The van der Waals surface area contributed by atoms with Crippen molar-refractivity contribution in [1.29, 1.82) is 0 Å². The fourth-order valence-corrected chi connectivity index (χ4v) is 1.32. The van der Waals surface area contributed by atoms with Crippen molar-refractivity contribution in [2.75, 3.05) is 14.2 Å². The van der Waals surface area contributed by atoms with Crippen LogP contribution in [0.3, 0.4) is 0 Å². The summed E-state index contributed by atoms with van der Waals surface area (Å²) in [7, 11) is 1.01. The molecule has 24 heavy (non-hydrogen) atoms. The number of carboxylic acid groups (broad SMARTS) is 1. The van der Waals surface area contributed by atoms with Crippen LogP contribution in [0.4, 0.5) is 30.7 Å². The second kappa shape index (κ2) is 7.81. The van der Waals surface area contributed by atoms with E-state index in [9.17, 15) is 50.2 Å². The number of hydrogen-bond acceptors (Lipinski definition) is 6. The SMILES string of the molecule is COC(OC)(C(=O)[O-])C(=O)CC(=O)C(F)(F)C(F)(F)C(F)(F)F.[Li+]. The number of ether oxygens (including phenoxy) is 2. The minimum atomic E-state index is -6.79. The fraction of sp³-hybridized carbons (Fsp3) is 0.700. The molecular formula is C10H8F7LiO6. The topological polar surface area (TPSA) is 92.7 Å². The monoisotopic (exact) mass is 364 g/mol. The van der Waals surface area contributed by atoms with Crippen molar-refractivity contribution < 1.29 is 78.6 Å². The molecule has 0 radical (unpaired) electrons. The normalized spacial score (nSPS) is 13.2. The van der Waals surface area contributed by atoms with Gasteiger partial charge in [0, 0.05) is 14.2 Å². The van der Waals surface area contributed by atoms with E-state index in [0.29, 0.717) is 14.2 Å². The maximum Gasteiger partial charge on any atom is 1.00 e. The van der Waals surface area contributed by atoms with Crippen LogP contribution in [-0.4, -0.2) is 55.6 Å². The number of carbonyl (C=O) groups excluding carboxylic acids is 3. The molecule has 0 aromatic heterocycles. The van der Waals surface area contributed by atoms with Gasteiger partial charge in [-0.15, -0.1) is 0 Å². The van der Waals surface area contributed by atoms with E-state index in [1.165, 1.54) is 0 Å². The minimum absolute atomic E-state index is 0. The molecule has 0 heterocycles. The molecule has 0 rings (SSSR count). The Hall–Kier alpha value is -1.16. The van der Waals surface area contributed by atoms with E-state index in [1.54, 1.807) is 0 Å². The molecular weight excluding hydrogens is 356 g/mol. The van der Waals surface area contributed by atoms with E-state index in [1.807, 2.05) is 0 Å². The Kier molecular flexibility index (Phi) is 8.16. The van der Waals surface area contributed by atoms with Gasteiger partial charge >= 0.3 is 36.9 Å². The second-order valence-electron chi connectivity index (χ2n) is 3.98. The number of carboxylic acids is 1. The Balaban J connectivity index is 0. The Morgan fingerprint density at radius 3 is 1.50 bits per heavy atom. The van der Waals surface area contributed by atoms with Gasteiger partial charge in [0.2, 0.25) is 11.6 Å². The van der Waals surface area contributed by atoms with Crippen LogP contribution in [0, 0.1) is 0 Å². The number of carbonyl (C=O) groups is 3. The quantitative estimate of drug-likeness (QED) is 0.199. The number of Topliss-reactive ketones (excluding diaryl/α,β-unsaturated/α-hetero) is 2. The maximum absolute atomic E-state index is 13.0. The van der Waals surface area contributed by atoms with E-state index < -0.39 is 47.8 Å². The summed E-state index contributed by atoms with van der Waals surface area (Å²) in [5, 5.41) is 10.7. The van der Waals surface area contributed by atoms with Crippen molar-refractivity contribution in [3.63, 3.8) is 0 Å². The van der Waals surface area contributed by atoms with Gasteiger partial charge < -0.3 is 19.4 Å². The van der Waals surface area contributed by atoms with Gasteiger partial charge in [-0.25, -0.2) is 0 Å². The van der Waals surface area contributed by atoms with Gasteiger partial charge in [-0.1, -0.05) is 0 Å². The molecule has 0 unspecified atom stereocenters. The Morgan fingerprint density at radius 1 is 0.875 bits per heavy atom. The first-order valence-electron chi connectivity index (χ1n) is 5.32. The van der Waals surface area contributed by atoms with E-state index in [4.69, 9.17) is 0 Å². The predicted molar refractivity (Wildman–Crippen MR) is 52.3 cm³/mol. The van der Waals surface area contributed by atoms with Gasteiger partial charge in [0.25, 0.3) is 5.79 Å². The van der Waals surface area contributed by atoms with Crippen LogP contribution in [0.25, 0.3) is 0 Å². The van der Waals surface area contributed by atoms with E-state index in [0.717, 1.165) is 0 Å². The largest absolute Gasteiger partial charge is 1.00 e. The number of alkyl halides is 7. The maximum atomic E-state index is 13.0. The van der Waals surface area contributed by atoms with Crippen molar-refractivity contribution in [2.45, 2.75) is 30.2 Å². The van der Waals surface area contributed by atoms with Crippen LogP contribution >= 0.6 is 0 Å². The van der Waals surface area contributed by atoms with Crippen molar-refractivity contribution in [1.82, 2.24) is 0 Å². The van der Waals surface area contributed by atoms with Crippen molar-refractivity contribution in [2.24, 2.45) is 0 Å². The molecule has 134 valence electrons. The van der Waals surface area contributed by atoms with Gasteiger partial charge in [0.05, 0.1) is 6.42 Å². The van der Waals surface area contributed by atoms with Crippen molar-refractivity contribution >= 4 is 17.5 Å². The van der Waals surface area contributed by atoms with Crippen LogP contribution in [0.5, 0.6) is 0 Å². The number of ketones is 2. The Labute approximate surface area is 141 Å². The van der Waals surface area contributed by atoms with Crippen LogP contribution < -0.4 is 24.0 Å². The van der Waals surface area contributed by atoms with E-state index in [-0.39, 0.29) is 18.9 Å². The molecule has 0 amide bonds. The Morgan fingerprint density at radius 2 is 1.25 bits per heavy atom. The predicted octanol–water partition coefficient (Wildman–Crippen LogP) is -2.91. The summed E-state index contributed by atoms with van der Waals surface area (Å²) in [5.41, 5.74) is 0. The van der Waals surface area contributed by atoms with E-state index in [2.05, 4.69) is 9.47 Å². The third-order valence-corrected chi connectivity index (χ3v) is 2.63. The number of rotatable bonds is 8. The average Bonchev–Trinajstić information content (AvgIpc) is 2.38. The summed E-state index contributed by atoms with van der Waals surface area (Å²) in [4.78, 5) is 33.1. The van der Waals surface area contributed by atoms with Gasteiger partial charge in [0.1, 0.15) is 5.97 Å².